The van der Waals surface area contributed by atoms with E-state index in [2.05, 4.69) is 4.72 Å². The van der Waals surface area contributed by atoms with Gasteiger partial charge in [0.15, 0.2) is 0 Å². The summed E-state index contributed by atoms with van der Waals surface area (Å²) >= 11 is 6.22. The third kappa shape index (κ3) is 4.36. The zero-order chi connectivity index (χ0) is 24.8. The molecular weight excluding hydrogens is 478 g/mol. The molecule has 0 saturated carbocycles. The van der Waals surface area contributed by atoms with Crippen molar-refractivity contribution in [2.75, 3.05) is 4.72 Å². The van der Waals surface area contributed by atoms with Gasteiger partial charge in [0.1, 0.15) is 0 Å². The Morgan fingerprint density at radius 3 is 2.26 bits per heavy atom. The Hall–Kier alpha value is -3.43. The molecule has 1 aromatic heterocycles. The van der Waals surface area contributed by atoms with Gasteiger partial charge in [-0.25, -0.2) is 8.42 Å². The van der Waals surface area contributed by atoms with Crippen LogP contribution in [-0.4, -0.2) is 30.3 Å². The molecule has 10 heteroatoms. The van der Waals surface area contributed by atoms with Gasteiger partial charge in [-0.2, -0.15) is 0 Å². The normalized spacial score (nSPS) is 13.8. The highest BCUT2D eigenvalue weighted by Crippen LogP contribution is 2.36. The van der Waals surface area contributed by atoms with Crippen molar-refractivity contribution < 1.29 is 27.9 Å². The maximum atomic E-state index is 13.2. The molecule has 3 aromatic rings. The van der Waals surface area contributed by atoms with Crippen molar-refractivity contribution in [1.82, 2.24) is 4.90 Å². The van der Waals surface area contributed by atoms with Crippen LogP contribution >= 0.6 is 11.6 Å². The number of imide groups is 1. The summed E-state index contributed by atoms with van der Waals surface area (Å²) in [6.45, 7) is 5.95. The molecule has 2 N–H and O–H groups in total. The van der Waals surface area contributed by atoms with Crippen molar-refractivity contribution in [3.63, 3.8) is 0 Å². The molecule has 2 amide bonds. The van der Waals surface area contributed by atoms with Crippen LogP contribution in [-0.2, 0) is 22.0 Å². The van der Waals surface area contributed by atoms with E-state index in [1.54, 1.807) is 24.3 Å². The van der Waals surface area contributed by atoms with Gasteiger partial charge in [-0.15, -0.1) is 0 Å². The van der Waals surface area contributed by atoms with Crippen LogP contribution in [0.25, 0.3) is 0 Å². The van der Waals surface area contributed by atoms with Crippen molar-refractivity contribution >= 4 is 39.1 Å². The summed E-state index contributed by atoms with van der Waals surface area (Å²) in [6, 6.07) is 12.4. The molecule has 0 atom stereocenters. The second-order valence-electron chi connectivity index (χ2n) is 9.01. The average Bonchev–Trinajstić information content (AvgIpc) is 3.01. The number of aromatic nitrogens is 1. The van der Waals surface area contributed by atoms with E-state index in [0.29, 0.717) is 5.56 Å². The number of nitrogens with zero attached hydrogens (tertiary/aromatic N) is 2. The first-order valence-electron chi connectivity index (χ1n) is 10.4. The van der Waals surface area contributed by atoms with Crippen LogP contribution in [0.3, 0.4) is 0 Å². The molecule has 0 saturated heterocycles. The monoisotopic (exact) mass is 500 g/mol. The number of hydrogen-bond acceptors (Lipinski definition) is 5. The minimum absolute atomic E-state index is 0.0228. The molecule has 0 fully saturated rings. The van der Waals surface area contributed by atoms with Gasteiger partial charge in [0, 0.05) is 16.4 Å². The summed E-state index contributed by atoms with van der Waals surface area (Å²) in [5, 5.41) is 9.65. The molecule has 2 heterocycles. The third-order valence-corrected chi connectivity index (χ3v) is 7.23. The Morgan fingerprint density at radius 2 is 1.65 bits per heavy atom. The van der Waals surface area contributed by atoms with E-state index in [9.17, 15) is 23.2 Å². The van der Waals surface area contributed by atoms with Crippen molar-refractivity contribution in [3.8, 4) is 0 Å². The van der Waals surface area contributed by atoms with E-state index in [4.69, 9.17) is 11.6 Å². The molecule has 2 aromatic carbocycles. The van der Waals surface area contributed by atoms with Crippen molar-refractivity contribution in [2.24, 2.45) is 0 Å². The Bertz CT molecular complexity index is 1410. The minimum Gasteiger partial charge on any atom is -0.285 e. The Morgan fingerprint density at radius 1 is 1.00 bits per heavy atom. The highest BCUT2D eigenvalue weighted by atomic mass is 35.5. The predicted octanol–water partition coefficient (Wildman–Crippen LogP) is 3.76. The van der Waals surface area contributed by atoms with Crippen LogP contribution in [0.15, 0.2) is 65.8 Å². The highest BCUT2D eigenvalue weighted by Gasteiger charge is 2.40. The summed E-state index contributed by atoms with van der Waals surface area (Å²) < 4.78 is 29.4. The lowest BCUT2D eigenvalue weighted by Crippen LogP contribution is -2.33. The van der Waals surface area contributed by atoms with Crippen molar-refractivity contribution in [3.05, 3.63) is 88.2 Å². The number of sulfonamides is 1. The predicted molar refractivity (Wildman–Crippen MR) is 125 cm³/mol. The average molecular weight is 501 g/mol. The van der Waals surface area contributed by atoms with Gasteiger partial charge in [-0.1, -0.05) is 44.5 Å². The fourth-order valence-corrected chi connectivity index (χ4v) is 5.03. The number of carbonyl (C=O) groups excluding carboxylic acids is 2. The van der Waals surface area contributed by atoms with Gasteiger partial charge in [-0.05, 0) is 41.3 Å². The van der Waals surface area contributed by atoms with Gasteiger partial charge in [0.2, 0.25) is 12.4 Å². The van der Waals surface area contributed by atoms with Crippen LogP contribution in [0.1, 0.15) is 52.6 Å². The Kier molecular flexibility index (Phi) is 5.87. The lowest BCUT2D eigenvalue weighted by atomic mass is 9.87. The van der Waals surface area contributed by atoms with Gasteiger partial charge in [0.25, 0.3) is 21.8 Å². The molecule has 0 unspecified atom stereocenters. The number of pyridine rings is 1. The molecule has 34 heavy (non-hydrogen) atoms. The lowest BCUT2D eigenvalue weighted by molar-refractivity contribution is -0.905. The summed E-state index contributed by atoms with van der Waals surface area (Å²) in [6.07, 6.45) is 2.75. The number of hydrogen-bond donors (Lipinski definition) is 2. The van der Waals surface area contributed by atoms with Crippen LogP contribution in [0.5, 0.6) is 0 Å². The third-order valence-electron chi connectivity index (χ3n) is 5.54. The second kappa shape index (κ2) is 8.41. The Balaban J connectivity index is 1.68. The summed E-state index contributed by atoms with van der Waals surface area (Å²) in [7, 11) is -4.04. The van der Waals surface area contributed by atoms with Crippen molar-refractivity contribution in [1.29, 1.82) is 0 Å². The molecular formula is C24H23ClN3O5S+. The van der Waals surface area contributed by atoms with Crippen LogP contribution in [0, 0.1) is 0 Å². The standard InChI is InChI=1S/C24H22ClN3O5S/c1-24(2,3)16-6-8-17(9-7-16)34(32,33)26-19-11-10-18(25)20-21(19)23(30)28(22(20)29)14-15-5-4-12-27(31)13-15/h4-13H,14H2,1-3H3,(H-,26,30,31)/p+1. The van der Waals surface area contributed by atoms with Gasteiger partial charge in [0.05, 0.1) is 33.3 Å². The van der Waals surface area contributed by atoms with Gasteiger partial charge < -0.3 is 0 Å². The van der Waals surface area contributed by atoms with E-state index in [1.807, 2.05) is 20.8 Å². The van der Waals surface area contributed by atoms with E-state index in [1.165, 1.54) is 36.7 Å². The number of fused-ring (bicyclic) bond motifs is 1. The number of carbonyl (C=O) groups is 2. The van der Waals surface area contributed by atoms with Gasteiger partial charge >= 0.3 is 0 Å². The molecule has 0 aliphatic carbocycles. The quantitative estimate of drug-likeness (QED) is 0.315. The summed E-state index contributed by atoms with van der Waals surface area (Å²) in [5.41, 5.74) is 1.11. The van der Waals surface area contributed by atoms with E-state index < -0.39 is 21.8 Å². The zero-order valence-corrected chi connectivity index (χ0v) is 20.3. The minimum atomic E-state index is -4.04. The molecule has 0 spiro atoms. The van der Waals surface area contributed by atoms with E-state index in [0.717, 1.165) is 15.2 Å². The smallest absolute Gasteiger partial charge is 0.264 e. The second-order valence-corrected chi connectivity index (χ2v) is 11.1. The van der Waals surface area contributed by atoms with Crippen molar-refractivity contribution in [2.45, 2.75) is 37.6 Å². The molecule has 4 rings (SSSR count). The maximum absolute atomic E-state index is 13.2. The molecule has 176 valence electrons. The number of amides is 2. The van der Waals surface area contributed by atoms with Crippen LogP contribution < -0.4 is 9.45 Å². The molecule has 1 aliphatic rings. The summed E-state index contributed by atoms with van der Waals surface area (Å²) in [4.78, 5) is 27.2. The highest BCUT2D eigenvalue weighted by molar-refractivity contribution is 7.92. The number of halogens is 1. The number of nitrogens with one attached hydrogen (secondary N) is 1. The molecule has 0 radical (unpaired) electrons. The Labute approximate surface area is 202 Å². The first kappa shape index (κ1) is 23.7. The van der Waals surface area contributed by atoms with Gasteiger partial charge in [-0.3, -0.25) is 24.4 Å². The molecule has 1 aliphatic heterocycles. The van der Waals surface area contributed by atoms with E-state index >= 15 is 0 Å². The number of benzene rings is 2. The topological polar surface area (TPSA) is 108 Å². The van der Waals surface area contributed by atoms with Crippen LogP contribution in [0.2, 0.25) is 5.02 Å². The number of rotatable bonds is 5. The summed E-state index contributed by atoms with van der Waals surface area (Å²) in [5.74, 6) is -1.33. The lowest BCUT2D eigenvalue weighted by Gasteiger charge is -2.19. The largest absolute Gasteiger partial charge is 0.285 e. The fourth-order valence-electron chi connectivity index (χ4n) is 3.72. The first-order valence-corrected chi connectivity index (χ1v) is 12.3. The molecule has 0 bridgehead atoms. The van der Waals surface area contributed by atoms with Crippen LogP contribution in [0.4, 0.5) is 5.69 Å². The SMILES string of the molecule is CC(C)(C)c1ccc(S(=O)(=O)Nc2ccc(Cl)c3c2C(=O)N(Cc2ccc[n+](O)c2)C3=O)cc1. The fraction of sp³-hybridized carbons (Fsp3) is 0.208. The number of anilines is 1. The first-order chi connectivity index (χ1) is 15.9. The maximum Gasteiger partial charge on any atom is 0.264 e. The molecule has 8 nitrogen and oxygen atoms in total. The zero-order valence-electron chi connectivity index (χ0n) is 18.7. The van der Waals surface area contributed by atoms with E-state index in [-0.39, 0.29) is 38.7 Å².